The Labute approximate surface area is 143 Å². The molecule has 0 unspecified atom stereocenters. The minimum atomic E-state index is -0.907. The number of carboxylic acid groups (broad SMARTS) is 1. The van der Waals surface area contributed by atoms with Crippen LogP contribution in [0, 0.1) is 23.7 Å². The Bertz CT molecular complexity index is 875. The molecule has 0 spiro atoms. The van der Waals surface area contributed by atoms with E-state index in [1.165, 1.54) is 0 Å². The topological polar surface area (TPSA) is 110 Å². The second-order valence-corrected chi connectivity index (χ2v) is 6.53. The lowest BCUT2D eigenvalue weighted by Gasteiger charge is -2.23. The maximum atomic E-state index is 12.7. The van der Waals surface area contributed by atoms with E-state index < -0.39 is 17.8 Å². The molecule has 1 heterocycles. The highest BCUT2D eigenvalue weighted by molar-refractivity contribution is 5.96. The van der Waals surface area contributed by atoms with Crippen molar-refractivity contribution in [3.63, 3.8) is 0 Å². The van der Waals surface area contributed by atoms with Gasteiger partial charge in [0, 0.05) is 18.3 Å². The average Bonchev–Trinajstić information content (AvgIpc) is 3.29. The van der Waals surface area contributed by atoms with Gasteiger partial charge in [-0.05, 0) is 40.8 Å². The fourth-order valence-corrected chi connectivity index (χ4v) is 3.95. The van der Waals surface area contributed by atoms with Gasteiger partial charge in [-0.1, -0.05) is 24.3 Å². The van der Waals surface area contributed by atoms with E-state index in [4.69, 9.17) is 0 Å². The monoisotopic (exact) mass is 339 g/mol. The minimum absolute atomic E-state index is 0.00257. The van der Waals surface area contributed by atoms with Crippen LogP contribution in [0.2, 0.25) is 0 Å². The maximum Gasteiger partial charge on any atom is 0.307 e. The number of carbonyl (C=O) groups excluding carboxylic acids is 1. The van der Waals surface area contributed by atoms with E-state index in [1.54, 1.807) is 29.9 Å². The highest BCUT2D eigenvalue weighted by Crippen LogP contribution is 2.48. The van der Waals surface area contributed by atoms with E-state index in [0.29, 0.717) is 11.5 Å². The van der Waals surface area contributed by atoms with Crippen molar-refractivity contribution in [3.05, 3.63) is 36.4 Å². The van der Waals surface area contributed by atoms with Crippen LogP contribution in [0.1, 0.15) is 6.42 Å². The van der Waals surface area contributed by atoms with Gasteiger partial charge in [0.1, 0.15) is 0 Å². The van der Waals surface area contributed by atoms with Crippen LogP contribution in [0.25, 0.3) is 11.4 Å². The number of hydrogen-bond donors (Lipinski definition) is 2. The third-order valence-electron chi connectivity index (χ3n) is 5.06. The van der Waals surface area contributed by atoms with Gasteiger partial charge in [-0.25, -0.2) is 4.68 Å². The van der Waals surface area contributed by atoms with E-state index in [-0.39, 0.29) is 17.7 Å². The Hall–Kier alpha value is -3.03. The summed E-state index contributed by atoms with van der Waals surface area (Å²) in [6.07, 6.45) is 4.63. The third kappa shape index (κ3) is 2.59. The summed E-state index contributed by atoms with van der Waals surface area (Å²) in [5, 5.41) is 23.7. The van der Waals surface area contributed by atoms with Gasteiger partial charge in [0.05, 0.1) is 11.8 Å². The molecular formula is C17H17N5O3. The van der Waals surface area contributed by atoms with Crippen LogP contribution in [0.3, 0.4) is 0 Å². The van der Waals surface area contributed by atoms with Crippen LogP contribution in [0.15, 0.2) is 36.4 Å². The number of nitrogens with zero attached hydrogens (tertiary/aromatic N) is 4. The first-order valence-corrected chi connectivity index (χ1v) is 8.09. The van der Waals surface area contributed by atoms with Crippen molar-refractivity contribution in [1.29, 1.82) is 0 Å². The highest BCUT2D eigenvalue weighted by atomic mass is 16.4. The first kappa shape index (κ1) is 15.5. The number of hydrogen-bond acceptors (Lipinski definition) is 5. The van der Waals surface area contributed by atoms with Crippen LogP contribution in [0.5, 0.6) is 0 Å². The van der Waals surface area contributed by atoms with Crippen molar-refractivity contribution in [2.75, 3.05) is 5.32 Å². The fraction of sp³-hybridized carbons (Fsp3) is 0.353. The number of fused-ring (bicyclic) bond motifs is 2. The minimum Gasteiger partial charge on any atom is -0.481 e. The lowest BCUT2D eigenvalue weighted by atomic mass is 9.82. The number of rotatable bonds is 4. The molecule has 2 aliphatic rings. The number of aromatic nitrogens is 4. The van der Waals surface area contributed by atoms with Gasteiger partial charge >= 0.3 is 5.97 Å². The number of carbonyl (C=O) groups is 2. The number of anilines is 1. The van der Waals surface area contributed by atoms with Crippen LogP contribution < -0.4 is 5.32 Å². The molecule has 128 valence electrons. The lowest BCUT2D eigenvalue weighted by molar-refractivity contribution is -0.146. The summed E-state index contributed by atoms with van der Waals surface area (Å²) < 4.78 is 1.54. The Morgan fingerprint density at radius 2 is 2.00 bits per heavy atom. The van der Waals surface area contributed by atoms with Crippen LogP contribution in [-0.2, 0) is 16.6 Å². The molecule has 2 bridgehead atoms. The second kappa shape index (κ2) is 5.80. The molecule has 4 atom stereocenters. The Kier molecular flexibility index (Phi) is 3.60. The maximum absolute atomic E-state index is 12.7. The largest absolute Gasteiger partial charge is 0.481 e. The van der Waals surface area contributed by atoms with Crippen LogP contribution in [-0.4, -0.2) is 37.2 Å². The van der Waals surface area contributed by atoms with E-state index in [2.05, 4.69) is 20.8 Å². The van der Waals surface area contributed by atoms with E-state index in [0.717, 1.165) is 12.0 Å². The van der Waals surface area contributed by atoms with Gasteiger partial charge in [-0.15, -0.1) is 5.10 Å². The molecule has 1 saturated carbocycles. The summed E-state index contributed by atoms with van der Waals surface area (Å²) in [4.78, 5) is 24.3. The molecular weight excluding hydrogens is 322 g/mol. The molecule has 25 heavy (non-hydrogen) atoms. The van der Waals surface area contributed by atoms with Gasteiger partial charge in [0.25, 0.3) is 0 Å². The van der Waals surface area contributed by atoms with Gasteiger partial charge in [-0.2, -0.15) is 0 Å². The number of aryl methyl sites for hydroxylation is 1. The summed E-state index contributed by atoms with van der Waals surface area (Å²) in [7, 11) is 1.74. The predicted molar refractivity (Wildman–Crippen MR) is 88.2 cm³/mol. The van der Waals surface area contributed by atoms with Crippen LogP contribution >= 0.6 is 0 Å². The molecule has 0 saturated heterocycles. The fourth-order valence-electron chi connectivity index (χ4n) is 3.95. The highest BCUT2D eigenvalue weighted by Gasteiger charge is 2.51. The average molecular weight is 339 g/mol. The number of carboxylic acids is 1. The molecule has 1 amide bonds. The second-order valence-electron chi connectivity index (χ2n) is 6.53. The summed E-state index contributed by atoms with van der Waals surface area (Å²) in [6, 6.07) is 7.20. The van der Waals surface area contributed by atoms with Crippen molar-refractivity contribution in [3.8, 4) is 11.4 Å². The molecule has 1 aromatic heterocycles. The first-order valence-electron chi connectivity index (χ1n) is 8.09. The number of tetrazole rings is 1. The molecule has 2 aliphatic carbocycles. The molecule has 8 heteroatoms. The predicted octanol–water partition coefficient (Wildman–Crippen LogP) is 1.34. The summed E-state index contributed by atoms with van der Waals surface area (Å²) in [6.45, 7) is 0. The van der Waals surface area contributed by atoms with Crippen LogP contribution in [0.4, 0.5) is 5.69 Å². The van der Waals surface area contributed by atoms with Gasteiger partial charge in [-0.3, -0.25) is 9.59 Å². The van der Waals surface area contributed by atoms with Crippen molar-refractivity contribution in [2.45, 2.75) is 6.42 Å². The zero-order valence-electron chi connectivity index (χ0n) is 13.5. The molecule has 0 aliphatic heterocycles. The number of amides is 1. The number of aliphatic carboxylic acids is 1. The van der Waals surface area contributed by atoms with E-state index in [1.807, 2.05) is 18.2 Å². The smallest absolute Gasteiger partial charge is 0.307 e. The molecule has 2 aromatic rings. The third-order valence-corrected chi connectivity index (χ3v) is 5.06. The summed E-state index contributed by atoms with van der Waals surface area (Å²) in [5.74, 6) is -1.81. The number of benzene rings is 1. The SMILES string of the molecule is Cn1nnnc1-c1cccc(NC(=O)[C@H]2[C@H](C(=O)O)[C@H]3C=C[C@H]2C3)c1. The number of nitrogens with one attached hydrogen (secondary N) is 1. The molecule has 1 aromatic carbocycles. The standard InChI is InChI=1S/C17H17N5O3/c1-22-15(19-20-21-22)11-3-2-4-12(8-11)18-16(23)13-9-5-6-10(7-9)14(13)17(24)25/h2-6,8-10,13-14H,7H2,1H3,(H,18,23)(H,24,25)/t9-,10-,13+,14+/m0/s1. The zero-order valence-corrected chi connectivity index (χ0v) is 13.5. The molecule has 8 nitrogen and oxygen atoms in total. The lowest BCUT2D eigenvalue weighted by Crippen LogP contribution is -2.36. The first-order chi connectivity index (χ1) is 12.0. The van der Waals surface area contributed by atoms with Crippen molar-refractivity contribution in [2.24, 2.45) is 30.7 Å². The Morgan fingerprint density at radius 1 is 1.24 bits per heavy atom. The van der Waals surface area contributed by atoms with Gasteiger partial charge in [0.15, 0.2) is 5.82 Å². The number of allylic oxidation sites excluding steroid dienone is 2. The summed E-state index contributed by atoms with van der Waals surface area (Å²) >= 11 is 0. The molecule has 4 rings (SSSR count). The quantitative estimate of drug-likeness (QED) is 0.813. The zero-order chi connectivity index (χ0) is 17.6. The van der Waals surface area contributed by atoms with Crippen molar-refractivity contribution >= 4 is 17.6 Å². The Balaban J connectivity index is 1.56. The normalized spacial score (nSPS) is 26.8. The summed E-state index contributed by atoms with van der Waals surface area (Å²) in [5.41, 5.74) is 1.37. The van der Waals surface area contributed by atoms with E-state index >= 15 is 0 Å². The Morgan fingerprint density at radius 3 is 2.68 bits per heavy atom. The van der Waals surface area contributed by atoms with E-state index in [9.17, 15) is 14.7 Å². The van der Waals surface area contributed by atoms with Crippen molar-refractivity contribution in [1.82, 2.24) is 20.2 Å². The van der Waals surface area contributed by atoms with Gasteiger partial charge < -0.3 is 10.4 Å². The van der Waals surface area contributed by atoms with Crippen molar-refractivity contribution < 1.29 is 14.7 Å². The van der Waals surface area contributed by atoms with Gasteiger partial charge in [0.2, 0.25) is 5.91 Å². The molecule has 2 N–H and O–H groups in total. The molecule has 0 radical (unpaired) electrons. The molecule has 1 fully saturated rings.